The second kappa shape index (κ2) is 7.54. The Morgan fingerprint density at radius 3 is 2.76 bits per heavy atom. The first-order valence-electron chi connectivity index (χ1n) is 6.70. The molecule has 110 valence electrons. The van der Waals surface area contributed by atoms with Crippen molar-refractivity contribution in [2.75, 3.05) is 6.54 Å². The Balaban J connectivity index is 1.73. The summed E-state index contributed by atoms with van der Waals surface area (Å²) >= 11 is 5.15. The number of aromatic nitrogens is 1. The van der Waals surface area contributed by atoms with Gasteiger partial charge in [0.15, 0.2) is 5.11 Å². The average molecular weight is 302 g/mol. The first-order chi connectivity index (χ1) is 10.2. The molecule has 21 heavy (non-hydrogen) atoms. The zero-order valence-corrected chi connectivity index (χ0v) is 12.9. The molecule has 0 spiro atoms. The highest BCUT2D eigenvalue weighted by molar-refractivity contribution is 7.80. The molecule has 0 amide bonds. The van der Waals surface area contributed by atoms with Crippen LogP contribution in [-0.4, -0.2) is 23.0 Å². The molecule has 1 aromatic carbocycles. The predicted octanol–water partition coefficient (Wildman–Crippen LogP) is 2.33. The molecule has 0 saturated carbocycles. The lowest BCUT2D eigenvalue weighted by molar-refractivity contribution is 0.393. The third kappa shape index (κ3) is 4.68. The zero-order valence-electron chi connectivity index (χ0n) is 12.1. The van der Waals surface area contributed by atoms with Crippen molar-refractivity contribution in [1.82, 2.24) is 15.9 Å². The van der Waals surface area contributed by atoms with Crippen LogP contribution in [0.15, 0.2) is 40.0 Å². The molecule has 0 aliphatic rings. The van der Waals surface area contributed by atoms with Crippen LogP contribution in [0.5, 0.6) is 0 Å². The lowest BCUT2D eigenvalue weighted by atomic mass is 10.1. The van der Waals surface area contributed by atoms with E-state index in [2.05, 4.69) is 33.1 Å². The standard InChI is InChI=1S/C15H18N4OS/c1-11-14(12(2)20-19-11)10-17-18-15(21)16-9-8-13-6-4-3-5-7-13/h3-7,10H,8-9H2,1-2H3,(H2,16,18,21)/b17-10+. The molecule has 1 heterocycles. The Hall–Kier alpha value is -2.21. The minimum Gasteiger partial charge on any atom is -0.361 e. The number of hydrogen-bond donors (Lipinski definition) is 2. The monoisotopic (exact) mass is 302 g/mol. The van der Waals surface area contributed by atoms with E-state index in [1.54, 1.807) is 6.21 Å². The maximum absolute atomic E-state index is 5.15. The van der Waals surface area contributed by atoms with Gasteiger partial charge in [0.2, 0.25) is 0 Å². The summed E-state index contributed by atoms with van der Waals surface area (Å²) in [7, 11) is 0. The lowest BCUT2D eigenvalue weighted by Gasteiger charge is -2.06. The molecule has 0 radical (unpaired) electrons. The normalized spacial score (nSPS) is 10.8. The topological polar surface area (TPSA) is 62.5 Å². The summed E-state index contributed by atoms with van der Waals surface area (Å²) in [6.07, 6.45) is 2.57. The van der Waals surface area contributed by atoms with Crippen LogP contribution in [0.25, 0.3) is 0 Å². The summed E-state index contributed by atoms with van der Waals surface area (Å²) in [5.74, 6) is 0.737. The average Bonchev–Trinajstić information content (AvgIpc) is 2.80. The van der Waals surface area contributed by atoms with Crippen LogP contribution in [0.1, 0.15) is 22.6 Å². The Bertz CT molecular complexity index is 602. The van der Waals surface area contributed by atoms with E-state index >= 15 is 0 Å². The molecule has 0 aliphatic heterocycles. The van der Waals surface area contributed by atoms with Crippen molar-refractivity contribution in [2.45, 2.75) is 20.3 Å². The van der Waals surface area contributed by atoms with Gasteiger partial charge in [0, 0.05) is 6.54 Å². The third-order valence-corrected chi connectivity index (χ3v) is 3.23. The van der Waals surface area contributed by atoms with Gasteiger partial charge in [-0.05, 0) is 38.0 Å². The number of aryl methyl sites for hydroxylation is 2. The van der Waals surface area contributed by atoms with E-state index in [1.807, 2.05) is 32.0 Å². The SMILES string of the molecule is Cc1noc(C)c1/C=N/NC(=S)NCCc1ccccc1. The van der Waals surface area contributed by atoms with E-state index in [0.717, 1.165) is 30.0 Å². The van der Waals surface area contributed by atoms with E-state index in [-0.39, 0.29) is 0 Å². The van der Waals surface area contributed by atoms with Crippen LogP contribution in [-0.2, 0) is 6.42 Å². The number of thiocarbonyl (C=S) groups is 1. The zero-order chi connectivity index (χ0) is 15.1. The number of hydrogen-bond acceptors (Lipinski definition) is 4. The van der Waals surface area contributed by atoms with E-state index in [1.165, 1.54) is 5.56 Å². The van der Waals surface area contributed by atoms with Crippen molar-refractivity contribution >= 4 is 23.5 Å². The van der Waals surface area contributed by atoms with E-state index < -0.39 is 0 Å². The van der Waals surface area contributed by atoms with Gasteiger partial charge in [-0.15, -0.1) is 0 Å². The first-order valence-corrected chi connectivity index (χ1v) is 7.11. The van der Waals surface area contributed by atoms with E-state index in [9.17, 15) is 0 Å². The second-order valence-corrected chi connectivity index (χ2v) is 5.01. The molecule has 0 saturated heterocycles. The van der Waals surface area contributed by atoms with Gasteiger partial charge < -0.3 is 9.84 Å². The van der Waals surface area contributed by atoms with Gasteiger partial charge in [-0.3, -0.25) is 5.43 Å². The van der Waals surface area contributed by atoms with Crippen molar-refractivity contribution < 1.29 is 4.52 Å². The van der Waals surface area contributed by atoms with Crippen LogP contribution in [0.4, 0.5) is 0 Å². The molecule has 0 bridgehead atoms. The molecule has 5 nitrogen and oxygen atoms in total. The highest BCUT2D eigenvalue weighted by Gasteiger charge is 2.05. The van der Waals surface area contributed by atoms with Crippen molar-refractivity contribution in [3.05, 3.63) is 52.9 Å². The molecular formula is C15H18N4OS. The Kier molecular flexibility index (Phi) is 5.45. The second-order valence-electron chi connectivity index (χ2n) is 4.60. The summed E-state index contributed by atoms with van der Waals surface area (Å²) in [5, 5.41) is 11.5. The Labute approximate surface area is 129 Å². The van der Waals surface area contributed by atoms with Gasteiger partial charge in [0.05, 0.1) is 17.5 Å². The number of benzene rings is 1. The Morgan fingerprint density at radius 2 is 2.10 bits per heavy atom. The highest BCUT2D eigenvalue weighted by atomic mass is 32.1. The summed E-state index contributed by atoms with van der Waals surface area (Å²) in [6.45, 7) is 4.47. The molecule has 1 aromatic heterocycles. The molecule has 2 aromatic rings. The van der Waals surface area contributed by atoms with Crippen molar-refractivity contribution in [2.24, 2.45) is 5.10 Å². The first kappa shape index (κ1) is 15.2. The third-order valence-electron chi connectivity index (χ3n) is 2.99. The van der Waals surface area contributed by atoms with Crippen LogP contribution in [0.3, 0.4) is 0 Å². The molecule has 0 fully saturated rings. The fourth-order valence-corrected chi connectivity index (χ4v) is 1.99. The fraction of sp³-hybridized carbons (Fsp3) is 0.267. The quantitative estimate of drug-likeness (QED) is 0.504. The molecule has 0 aliphatic carbocycles. The van der Waals surface area contributed by atoms with E-state index in [0.29, 0.717) is 5.11 Å². The van der Waals surface area contributed by atoms with Crippen LogP contribution < -0.4 is 10.7 Å². The van der Waals surface area contributed by atoms with Crippen LogP contribution in [0.2, 0.25) is 0 Å². The molecular weight excluding hydrogens is 284 g/mol. The fourth-order valence-electron chi connectivity index (χ4n) is 1.83. The molecule has 0 atom stereocenters. The minimum absolute atomic E-state index is 0.494. The molecule has 2 N–H and O–H groups in total. The molecule has 6 heteroatoms. The van der Waals surface area contributed by atoms with Crippen molar-refractivity contribution in [3.63, 3.8) is 0 Å². The smallest absolute Gasteiger partial charge is 0.186 e. The number of nitrogens with one attached hydrogen (secondary N) is 2. The maximum Gasteiger partial charge on any atom is 0.186 e. The molecule has 2 rings (SSSR count). The van der Waals surface area contributed by atoms with Gasteiger partial charge in [-0.1, -0.05) is 35.5 Å². The van der Waals surface area contributed by atoms with Crippen molar-refractivity contribution in [3.8, 4) is 0 Å². The number of rotatable bonds is 5. The highest BCUT2D eigenvalue weighted by Crippen LogP contribution is 2.08. The summed E-state index contributed by atoms with van der Waals surface area (Å²) in [5.41, 5.74) is 5.73. The molecule has 0 unspecified atom stereocenters. The van der Waals surface area contributed by atoms with E-state index in [4.69, 9.17) is 16.7 Å². The summed E-state index contributed by atoms with van der Waals surface area (Å²) in [4.78, 5) is 0. The van der Waals surface area contributed by atoms with Gasteiger partial charge in [0.1, 0.15) is 5.76 Å². The van der Waals surface area contributed by atoms with Crippen molar-refractivity contribution in [1.29, 1.82) is 0 Å². The maximum atomic E-state index is 5.15. The van der Waals surface area contributed by atoms with Gasteiger partial charge >= 0.3 is 0 Å². The lowest BCUT2D eigenvalue weighted by Crippen LogP contribution is -2.33. The summed E-state index contributed by atoms with van der Waals surface area (Å²) in [6, 6.07) is 10.2. The van der Waals surface area contributed by atoms with Gasteiger partial charge in [0.25, 0.3) is 0 Å². The summed E-state index contributed by atoms with van der Waals surface area (Å²) < 4.78 is 5.05. The Morgan fingerprint density at radius 1 is 1.33 bits per heavy atom. The largest absolute Gasteiger partial charge is 0.361 e. The van der Waals surface area contributed by atoms with Gasteiger partial charge in [-0.25, -0.2) is 0 Å². The van der Waals surface area contributed by atoms with Gasteiger partial charge in [-0.2, -0.15) is 5.10 Å². The van der Waals surface area contributed by atoms with Crippen LogP contribution >= 0.6 is 12.2 Å². The van der Waals surface area contributed by atoms with Crippen LogP contribution in [0, 0.1) is 13.8 Å². The minimum atomic E-state index is 0.494. The number of hydrazone groups is 1. The number of nitrogens with zero attached hydrogens (tertiary/aromatic N) is 2. The predicted molar refractivity (Wildman–Crippen MR) is 87.5 cm³/mol.